The Hall–Kier alpha value is -2.64. The number of hydrogen-bond donors (Lipinski definition) is 4. The Kier molecular flexibility index (Phi) is 6.95. The van der Waals surface area contributed by atoms with Crippen LogP contribution in [-0.2, 0) is 0 Å². The van der Waals surface area contributed by atoms with Crippen LogP contribution in [0.3, 0.4) is 0 Å². The van der Waals surface area contributed by atoms with Gasteiger partial charge in [-0.3, -0.25) is 4.79 Å². The van der Waals surface area contributed by atoms with Crippen LogP contribution in [0.5, 0.6) is 0 Å². The molecular formula is C23H31FN4O2. The van der Waals surface area contributed by atoms with Crippen molar-refractivity contribution in [1.29, 1.82) is 0 Å². The third kappa shape index (κ3) is 4.57. The second-order valence-electron chi connectivity index (χ2n) is 7.64. The molecule has 2 aromatic rings. The fourth-order valence-electron chi connectivity index (χ4n) is 3.96. The number of nitrogens with zero attached hydrogens (tertiary/aromatic N) is 1. The molecule has 0 saturated carbocycles. The number of carbonyl (C=O) groups excluding carboxylic acids is 1. The van der Waals surface area contributed by atoms with Crippen LogP contribution in [-0.4, -0.2) is 53.3 Å². The quantitative estimate of drug-likeness (QED) is 0.499. The molecule has 1 aromatic heterocycles. The van der Waals surface area contributed by atoms with Gasteiger partial charge in [-0.15, -0.1) is 0 Å². The molecule has 6 nitrogen and oxygen atoms in total. The third-order valence-electron chi connectivity index (χ3n) is 5.71. The lowest BCUT2D eigenvalue weighted by Crippen LogP contribution is -2.30. The monoisotopic (exact) mass is 414 g/mol. The van der Waals surface area contributed by atoms with Crippen LogP contribution in [0, 0.1) is 19.7 Å². The second-order valence-corrected chi connectivity index (χ2v) is 7.64. The van der Waals surface area contributed by atoms with Gasteiger partial charge < -0.3 is 25.6 Å². The number of aliphatic hydroxyl groups is 1. The second kappa shape index (κ2) is 9.45. The van der Waals surface area contributed by atoms with Gasteiger partial charge in [0.1, 0.15) is 5.82 Å². The van der Waals surface area contributed by atoms with E-state index in [0.717, 1.165) is 43.0 Å². The van der Waals surface area contributed by atoms with Crippen molar-refractivity contribution in [2.24, 2.45) is 0 Å². The molecule has 1 aliphatic rings. The number of rotatable bonds is 8. The summed E-state index contributed by atoms with van der Waals surface area (Å²) in [7, 11) is 0. The molecule has 0 radical (unpaired) electrons. The zero-order chi connectivity index (χ0) is 21.8. The predicted molar refractivity (Wildman–Crippen MR) is 119 cm³/mol. The Morgan fingerprint density at radius 3 is 2.73 bits per heavy atom. The van der Waals surface area contributed by atoms with Crippen molar-refractivity contribution >= 4 is 23.2 Å². The standard InChI is InChI=1S/C23H31FN4O2/c1-5-28(6-2)11-7-10-25-23(30)21-14(3)20(26-15(21)4)13-18-17-12-16(24)8-9-19(17)27-22(18)29/h8-9,12-13,22,26-27,29H,5-7,10-11H2,1-4H3,(H,25,30)/b18-13-. The van der Waals surface area contributed by atoms with Gasteiger partial charge in [0, 0.05) is 34.8 Å². The van der Waals surface area contributed by atoms with E-state index in [4.69, 9.17) is 0 Å². The summed E-state index contributed by atoms with van der Waals surface area (Å²) >= 11 is 0. The predicted octanol–water partition coefficient (Wildman–Crippen LogP) is 3.52. The number of aryl methyl sites for hydroxylation is 1. The molecular weight excluding hydrogens is 383 g/mol. The van der Waals surface area contributed by atoms with E-state index in [2.05, 4.69) is 34.4 Å². The summed E-state index contributed by atoms with van der Waals surface area (Å²) in [4.78, 5) is 18.3. The van der Waals surface area contributed by atoms with E-state index < -0.39 is 6.23 Å². The van der Waals surface area contributed by atoms with Gasteiger partial charge in [0.25, 0.3) is 5.91 Å². The SMILES string of the molecule is CCN(CC)CCCNC(=O)c1c(C)[nH]c(/C=C2/c3cc(F)ccc3NC2O)c1C. The number of H-pyrrole nitrogens is 1. The molecule has 30 heavy (non-hydrogen) atoms. The van der Waals surface area contributed by atoms with Crippen LogP contribution in [0.15, 0.2) is 18.2 Å². The fourth-order valence-corrected chi connectivity index (χ4v) is 3.96. The van der Waals surface area contributed by atoms with Crippen molar-refractivity contribution < 1.29 is 14.3 Å². The molecule has 1 amide bonds. The lowest BCUT2D eigenvalue weighted by Gasteiger charge is -2.17. The molecule has 4 N–H and O–H groups in total. The molecule has 7 heteroatoms. The highest BCUT2D eigenvalue weighted by Gasteiger charge is 2.26. The first kappa shape index (κ1) is 22.1. The van der Waals surface area contributed by atoms with E-state index in [9.17, 15) is 14.3 Å². The number of halogens is 1. The molecule has 1 atom stereocenters. The first-order valence-electron chi connectivity index (χ1n) is 10.5. The van der Waals surface area contributed by atoms with E-state index in [0.29, 0.717) is 28.9 Å². The first-order valence-corrected chi connectivity index (χ1v) is 10.5. The van der Waals surface area contributed by atoms with Crippen LogP contribution in [0.4, 0.5) is 10.1 Å². The summed E-state index contributed by atoms with van der Waals surface area (Å²) < 4.78 is 13.7. The molecule has 1 aromatic carbocycles. The number of nitrogens with one attached hydrogen (secondary N) is 3. The zero-order valence-corrected chi connectivity index (χ0v) is 18.1. The summed E-state index contributed by atoms with van der Waals surface area (Å²) in [5.74, 6) is -0.471. The lowest BCUT2D eigenvalue weighted by molar-refractivity contribution is 0.0951. The summed E-state index contributed by atoms with van der Waals surface area (Å²) in [6, 6.07) is 4.37. The number of hydrogen-bond acceptors (Lipinski definition) is 4. The largest absolute Gasteiger partial charge is 0.369 e. The highest BCUT2D eigenvalue weighted by atomic mass is 19.1. The van der Waals surface area contributed by atoms with E-state index in [1.165, 1.54) is 12.1 Å². The van der Waals surface area contributed by atoms with Crippen molar-refractivity contribution in [2.75, 3.05) is 31.5 Å². The number of aromatic amines is 1. The number of amides is 1. The van der Waals surface area contributed by atoms with Gasteiger partial charge in [0.15, 0.2) is 6.23 Å². The molecule has 162 valence electrons. The Labute approximate surface area is 177 Å². The van der Waals surface area contributed by atoms with Crippen LogP contribution in [0.2, 0.25) is 0 Å². The number of anilines is 1. The molecule has 1 aliphatic heterocycles. The maximum atomic E-state index is 13.7. The van der Waals surface area contributed by atoms with Gasteiger partial charge in [-0.2, -0.15) is 0 Å². The average molecular weight is 415 g/mol. The maximum Gasteiger partial charge on any atom is 0.253 e. The molecule has 0 aliphatic carbocycles. The van der Waals surface area contributed by atoms with E-state index >= 15 is 0 Å². The maximum absolute atomic E-state index is 13.7. The van der Waals surface area contributed by atoms with Crippen molar-refractivity contribution in [3.63, 3.8) is 0 Å². The normalized spacial score (nSPS) is 16.8. The van der Waals surface area contributed by atoms with Gasteiger partial charge >= 0.3 is 0 Å². The highest BCUT2D eigenvalue weighted by Crippen LogP contribution is 2.36. The smallest absolute Gasteiger partial charge is 0.253 e. The van der Waals surface area contributed by atoms with E-state index in [1.807, 2.05) is 13.8 Å². The molecule has 1 unspecified atom stereocenters. The van der Waals surface area contributed by atoms with Gasteiger partial charge in [-0.05, 0) is 69.7 Å². The Morgan fingerprint density at radius 2 is 2.03 bits per heavy atom. The van der Waals surface area contributed by atoms with Crippen molar-refractivity contribution in [1.82, 2.24) is 15.2 Å². The Balaban J connectivity index is 1.76. The van der Waals surface area contributed by atoms with Crippen molar-refractivity contribution in [3.05, 3.63) is 52.1 Å². The minimum absolute atomic E-state index is 0.109. The number of carbonyl (C=O) groups is 1. The number of fused-ring (bicyclic) bond motifs is 1. The number of aromatic nitrogens is 1. The Morgan fingerprint density at radius 1 is 1.30 bits per heavy atom. The van der Waals surface area contributed by atoms with E-state index in [1.54, 1.807) is 12.1 Å². The summed E-state index contributed by atoms with van der Waals surface area (Å²) in [6.45, 7) is 11.6. The van der Waals surface area contributed by atoms with Crippen molar-refractivity contribution in [3.8, 4) is 0 Å². The van der Waals surface area contributed by atoms with Crippen LogP contribution >= 0.6 is 0 Å². The third-order valence-corrected chi connectivity index (χ3v) is 5.71. The van der Waals surface area contributed by atoms with Crippen LogP contribution in [0.1, 0.15) is 53.1 Å². The van der Waals surface area contributed by atoms with Crippen LogP contribution in [0.25, 0.3) is 11.6 Å². The lowest BCUT2D eigenvalue weighted by atomic mass is 10.0. The van der Waals surface area contributed by atoms with Crippen molar-refractivity contribution in [2.45, 2.75) is 40.3 Å². The minimum Gasteiger partial charge on any atom is -0.369 e. The van der Waals surface area contributed by atoms with Gasteiger partial charge in [0.05, 0.1) is 5.56 Å². The number of aliphatic hydroxyl groups excluding tert-OH is 1. The van der Waals surface area contributed by atoms with Crippen LogP contribution < -0.4 is 10.6 Å². The number of benzene rings is 1. The highest BCUT2D eigenvalue weighted by molar-refractivity contribution is 5.99. The molecule has 0 saturated heterocycles. The fraction of sp³-hybridized carbons (Fsp3) is 0.435. The average Bonchev–Trinajstić information content (AvgIpc) is 3.17. The summed E-state index contributed by atoms with van der Waals surface area (Å²) in [5, 5.41) is 16.3. The van der Waals surface area contributed by atoms with E-state index in [-0.39, 0.29) is 11.7 Å². The van der Waals surface area contributed by atoms with Gasteiger partial charge in [0.2, 0.25) is 0 Å². The molecule has 3 rings (SSSR count). The zero-order valence-electron chi connectivity index (χ0n) is 18.1. The van der Waals surface area contributed by atoms with Gasteiger partial charge in [-0.1, -0.05) is 13.8 Å². The molecule has 0 spiro atoms. The minimum atomic E-state index is -0.929. The first-order chi connectivity index (χ1) is 14.3. The molecule has 2 heterocycles. The Bertz CT molecular complexity index is 947. The molecule has 0 fully saturated rings. The summed E-state index contributed by atoms with van der Waals surface area (Å²) in [6.07, 6.45) is 1.75. The summed E-state index contributed by atoms with van der Waals surface area (Å²) in [5.41, 5.74) is 4.79. The topological polar surface area (TPSA) is 80.4 Å². The molecule has 0 bridgehead atoms. The van der Waals surface area contributed by atoms with Gasteiger partial charge in [-0.25, -0.2) is 4.39 Å².